The van der Waals surface area contributed by atoms with E-state index >= 15 is 0 Å². The molecule has 0 atom stereocenters. The number of phenols is 1. The first-order chi connectivity index (χ1) is 17.6. The number of amides is 2. The van der Waals surface area contributed by atoms with E-state index < -0.39 is 25.4 Å². The molecule has 3 N–H and O–H groups in total. The summed E-state index contributed by atoms with van der Waals surface area (Å²) >= 11 is 0. The minimum Gasteiger partial charge on any atom is -0.505 e. The van der Waals surface area contributed by atoms with Crippen LogP contribution in [0.3, 0.4) is 0 Å². The van der Waals surface area contributed by atoms with E-state index in [9.17, 15) is 33.4 Å². The largest absolute Gasteiger partial charge is 0.505 e. The van der Waals surface area contributed by atoms with Crippen LogP contribution in [0, 0.1) is 5.82 Å². The lowest BCUT2D eigenvalue weighted by Gasteiger charge is -2.34. The summed E-state index contributed by atoms with van der Waals surface area (Å²) in [6, 6.07) is 8.99. The van der Waals surface area contributed by atoms with E-state index in [4.69, 9.17) is 4.74 Å². The first-order valence-corrected chi connectivity index (χ1v) is 13.3. The van der Waals surface area contributed by atoms with Crippen LogP contribution in [0.2, 0.25) is 0 Å². The molecule has 0 bridgehead atoms. The molecule has 3 aromatic rings. The number of ether oxygens (including phenoxy) is 1. The van der Waals surface area contributed by atoms with E-state index in [0.717, 1.165) is 0 Å². The lowest BCUT2D eigenvalue weighted by atomic mass is 10.0. The van der Waals surface area contributed by atoms with Gasteiger partial charge in [-0.15, -0.1) is 0 Å². The minimum atomic E-state index is -4.21. The van der Waals surface area contributed by atoms with Gasteiger partial charge in [0, 0.05) is 49.9 Å². The smallest absolute Gasteiger partial charge is 0.415 e. The first-order valence-electron chi connectivity index (χ1n) is 11.5. The van der Waals surface area contributed by atoms with Crippen LogP contribution in [0.15, 0.2) is 42.6 Å². The first kappa shape index (κ1) is 25.1. The van der Waals surface area contributed by atoms with Crippen molar-refractivity contribution in [3.05, 3.63) is 65.1 Å². The zero-order chi connectivity index (χ0) is 26.3. The van der Waals surface area contributed by atoms with Crippen molar-refractivity contribution in [2.24, 2.45) is 0 Å². The number of nitrogens with zero attached hydrogens (tertiary/aromatic N) is 4. The second kappa shape index (κ2) is 9.71. The molecule has 2 amide bonds. The molecular weight excluding hydrogens is 506 g/mol. The Morgan fingerprint density at radius 3 is 2.49 bits per heavy atom. The van der Waals surface area contributed by atoms with Crippen molar-refractivity contribution in [3.8, 4) is 11.5 Å². The third-order valence-electron chi connectivity index (χ3n) is 6.43. The number of benzene rings is 2. The molecule has 0 unspecified atom stereocenters. The van der Waals surface area contributed by atoms with Crippen LogP contribution in [0.4, 0.5) is 9.18 Å². The second-order valence-electron chi connectivity index (χ2n) is 9.00. The molecule has 0 spiro atoms. The maximum atomic E-state index is 13.3. The zero-order valence-corrected chi connectivity index (χ0v) is 20.5. The van der Waals surface area contributed by atoms with E-state index in [1.165, 1.54) is 28.1 Å². The van der Waals surface area contributed by atoms with Crippen molar-refractivity contribution in [3.63, 3.8) is 0 Å². The molecule has 1 fully saturated rings. The molecule has 2 aliphatic heterocycles. The molecule has 5 rings (SSSR count). The van der Waals surface area contributed by atoms with Gasteiger partial charge >= 0.3 is 13.7 Å². The van der Waals surface area contributed by atoms with Crippen LogP contribution >= 0.6 is 7.60 Å². The van der Waals surface area contributed by atoms with Crippen LogP contribution in [0.25, 0.3) is 10.9 Å². The second-order valence-corrected chi connectivity index (χ2v) is 10.6. The van der Waals surface area contributed by atoms with Crippen molar-refractivity contribution >= 4 is 30.5 Å². The molecule has 0 saturated carbocycles. The lowest BCUT2D eigenvalue weighted by Crippen LogP contribution is -2.49. The van der Waals surface area contributed by atoms with Gasteiger partial charge in [0.05, 0.1) is 12.1 Å². The molecule has 3 heterocycles. The number of hydrogen-bond acceptors (Lipinski definition) is 7. The Morgan fingerprint density at radius 1 is 1.11 bits per heavy atom. The number of hydrogen-bond donors (Lipinski definition) is 3. The highest BCUT2D eigenvalue weighted by Crippen LogP contribution is 2.44. The molecule has 194 valence electrons. The molecule has 11 nitrogen and oxygen atoms in total. The van der Waals surface area contributed by atoms with Crippen molar-refractivity contribution in [1.82, 2.24) is 19.7 Å². The molecule has 0 radical (unpaired) electrons. The molecule has 13 heteroatoms. The van der Waals surface area contributed by atoms with Gasteiger partial charge in [0.25, 0.3) is 5.91 Å². The number of rotatable bonds is 5. The number of carbonyl (C=O) groups is 2. The topological polar surface area (TPSA) is 144 Å². The van der Waals surface area contributed by atoms with Crippen molar-refractivity contribution in [1.29, 1.82) is 0 Å². The number of aromatic hydroxyl groups is 1. The predicted octanol–water partition coefficient (Wildman–Crippen LogP) is 2.49. The Kier molecular flexibility index (Phi) is 6.59. The number of piperazine rings is 1. The number of carbonyl (C=O) groups excluding carboxylic acids is 2. The van der Waals surface area contributed by atoms with Gasteiger partial charge in [-0.3, -0.25) is 19.2 Å². The molecule has 2 aromatic carbocycles. The monoisotopic (exact) mass is 530 g/mol. The molecule has 1 saturated heterocycles. The van der Waals surface area contributed by atoms with Gasteiger partial charge in [-0.1, -0.05) is 12.1 Å². The summed E-state index contributed by atoms with van der Waals surface area (Å²) in [4.78, 5) is 53.4. The highest BCUT2D eigenvalue weighted by molar-refractivity contribution is 7.51. The molecule has 37 heavy (non-hydrogen) atoms. The lowest BCUT2D eigenvalue weighted by molar-refractivity contribution is 0.0764. The molecule has 2 aliphatic rings. The summed E-state index contributed by atoms with van der Waals surface area (Å²) in [5, 5.41) is 11.3. The number of halogens is 1. The van der Waals surface area contributed by atoms with Crippen molar-refractivity contribution < 1.29 is 38.2 Å². The SMILES string of the molecule is O=C(Oc1c2c(c(O)c3ncccc13)C(=O)N(Cc1ccc(F)cc1)C2)N1CCN(CP(=O)(O)O)CC1. The number of aromatic nitrogens is 1. The van der Waals surface area contributed by atoms with E-state index in [1.807, 2.05) is 0 Å². The number of phenolic OH excluding ortho intramolecular Hbond substituents is 1. The summed E-state index contributed by atoms with van der Waals surface area (Å²) in [6.07, 6.45) is 0.387. The standard InChI is InChI=1S/C24H24FN4O7P/c25-16-5-3-15(4-6-16)12-29-13-18-19(23(29)31)21(30)20-17(2-1-7-26-20)22(18)36-24(32)28-10-8-27(9-11-28)14-37(33,34)35/h1-7,30H,8-14H2,(H2,33,34,35). The highest BCUT2D eigenvalue weighted by atomic mass is 31.2. The average molecular weight is 530 g/mol. The summed E-state index contributed by atoms with van der Waals surface area (Å²) in [6.45, 7) is 1.14. The van der Waals surface area contributed by atoms with E-state index in [-0.39, 0.29) is 68.1 Å². The molecule has 1 aromatic heterocycles. The van der Waals surface area contributed by atoms with Gasteiger partial charge in [-0.2, -0.15) is 0 Å². The van der Waals surface area contributed by atoms with Crippen molar-refractivity contribution in [2.45, 2.75) is 13.1 Å². The van der Waals surface area contributed by atoms with Gasteiger partial charge in [0.15, 0.2) is 5.75 Å². The van der Waals surface area contributed by atoms with E-state index in [1.54, 1.807) is 29.2 Å². The van der Waals surface area contributed by atoms with Crippen LogP contribution in [0.1, 0.15) is 21.5 Å². The molecular formula is C24H24FN4O7P. The number of pyridine rings is 1. The predicted molar refractivity (Wildman–Crippen MR) is 129 cm³/mol. The Hall–Kier alpha value is -3.57. The van der Waals surface area contributed by atoms with Gasteiger partial charge in [-0.05, 0) is 29.8 Å². The van der Waals surface area contributed by atoms with Crippen molar-refractivity contribution in [2.75, 3.05) is 32.5 Å². The maximum absolute atomic E-state index is 13.3. The fourth-order valence-electron chi connectivity index (χ4n) is 4.66. The Bertz CT molecular complexity index is 1420. The van der Waals surface area contributed by atoms with E-state index in [0.29, 0.717) is 16.5 Å². The van der Waals surface area contributed by atoms with Gasteiger partial charge in [0.2, 0.25) is 0 Å². The Balaban J connectivity index is 1.42. The van der Waals surface area contributed by atoms with Crippen LogP contribution in [-0.4, -0.2) is 79.0 Å². The van der Waals surface area contributed by atoms with Crippen LogP contribution < -0.4 is 4.74 Å². The third kappa shape index (κ3) is 5.14. The molecule has 0 aliphatic carbocycles. The normalized spacial score (nSPS) is 16.4. The minimum absolute atomic E-state index is 0.00238. The van der Waals surface area contributed by atoms with Crippen LogP contribution in [0.5, 0.6) is 11.5 Å². The summed E-state index contributed by atoms with van der Waals surface area (Å²) in [5.74, 6) is -1.05. The van der Waals surface area contributed by atoms with Gasteiger partial charge in [0.1, 0.15) is 23.4 Å². The van der Waals surface area contributed by atoms with Crippen LogP contribution in [-0.2, 0) is 17.7 Å². The fourth-order valence-corrected chi connectivity index (χ4v) is 5.46. The fraction of sp³-hybridized carbons (Fsp3) is 0.292. The summed E-state index contributed by atoms with van der Waals surface area (Å²) in [5.41, 5.74) is 1.16. The van der Waals surface area contributed by atoms with E-state index in [2.05, 4.69) is 4.98 Å². The Morgan fingerprint density at radius 2 is 1.81 bits per heavy atom. The zero-order valence-electron chi connectivity index (χ0n) is 19.6. The highest BCUT2D eigenvalue weighted by Gasteiger charge is 2.37. The summed E-state index contributed by atoms with van der Waals surface area (Å²) < 4.78 is 30.4. The number of fused-ring (bicyclic) bond motifs is 2. The van der Waals surface area contributed by atoms with Gasteiger partial charge in [-0.25, -0.2) is 9.18 Å². The maximum Gasteiger partial charge on any atom is 0.415 e. The quantitative estimate of drug-likeness (QED) is 0.424. The average Bonchev–Trinajstić information content (AvgIpc) is 3.18. The van der Waals surface area contributed by atoms with Gasteiger partial charge < -0.3 is 29.4 Å². The Labute approximate surface area is 210 Å². The third-order valence-corrected chi connectivity index (χ3v) is 7.20. The summed E-state index contributed by atoms with van der Waals surface area (Å²) in [7, 11) is -4.21.